The van der Waals surface area contributed by atoms with Gasteiger partial charge in [-0.05, 0) is 41.6 Å². The topological polar surface area (TPSA) is 14.2 Å². The van der Waals surface area contributed by atoms with Crippen LogP contribution in [0.2, 0.25) is 0 Å². The lowest BCUT2D eigenvalue weighted by atomic mass is 10.1. The van der Waals surface area contributed by atoms with E-state index in [4.69, 9.17) is 4.74 Å². The quantitative estimate of drug-likeness (QED) is 0.510. The number of benzene rings is 2. The third-order valence-electron chi connectivity index (χ3n) is 4.10. The summed E-state index contributed by atoms with van der Waals surface area (Å²) >= 11 is 1.11. The van der Waals surface area contributed by atoms with Gasteiger partial charge in [0, 0.05) is 17.6 Å². The first-order chi connectivity index (χ1) is 12.4. The van der Waals surface area contributed by atoms with Crippen molar-refractivity contribution in [2.24, 2.45) is 0 Å². The summed E-state index contributed by atoms with van der Waals surface area (Å²) in [4.78, 5) is 0.235. The minimum absolute atomic E-state index is 0.235. The molecule has 0 bridgehead atoms. The number of thioether (sulfide) groups is 1. The van der Waals surface area contributed by atoms with Gasteiger partial charge in [-0.2, -0.15) is 13.2 Å². The summed E-state index contributed by atoms with van der Waals surface area (Å²) in [5.74, 6) is 0.664. The van der Waals surface area contributed by atoms with Crippen molar-refractivity contribution in [2.75, 3.05) is 13.4 Å². The summed E-state index contributed by atoms with van der Waals surface area (Å²) < 4.78 is 47.5. The van der Waals surface area contributed by atoms with Gasteiger partial charge in [-0.3, -0.25) is 0 Å². The van der Waals surface area contributed by atoms with E-state index in [1.165, 1.54) is 6.20 Å². The van der Waals surface area contributed by atoms with E-state index in [-0.39, 0.29) is 4.90 Å². The Bertz CT molecular complexity index is 871. The number of methoxy groups -OCH3 is 1. The molecule has 3 aromatic rings. The van der Waals surface area contributed by atoms with E-state index in [0.29, 0.717) is 18.0 Å². The van der Waals surface area contributed by atoms with Crippen LogP contribution in [0.3, 0.4) is 0 Å². The van der Waals surface area contributed by atoms with E-state index >= 15 is 0 Å². The van der Waals surface area contributed by atoms with E-state index in [1.54, 1.807) is 42.2 Å². The summed E-state index contributed by atoms with van der Waals surface area (Å²) in [6, 6.07) is 16.5. The zero-order chi connectivity index (χ0) is 18.7. The Morgan fingerprint density at radius 3 is 2.19 bits per heavy atom. The predicted octanol–water partition coefficient (Wildman–Crippen LogP) is 5.95. The number of ether oxygens (including phenoxy) is 1. The molecule has 2 nitrogen and oxygen atoms in total. The highest BCUT2D eigenvalue weighted by Crippen LogP contribution is 2.43. The molecule has 0 spiro atoms. The average molecular weight is 377 g/mol. The predicted molar refractivity (Wildman–Crippen MR) is 98.7 cm³/mol. The molecule has 0 saturated heterocycles. The summed E-state index contributed by atoms with van der Waals surface area (Å²) in [6.45, 7) is 0.367. The number of nitrogens with zero attached hydrogens (tertiary/aromatic N) is 1. The van der Waals surface area contributed by atoms with Crippen LogP contribution in [-0.2, 0) is 12.7 Å². The van der Waals surface area contributed by atoms with Crippen molar-refractivity contribution in [3.8, 4) is 17.0 Å². The Balaban J connectivity index is 2.16. The highest BCUT2D eigenvalue weighted by Gasteiger charge is 2.37. The first-order valence-corrected chi connectivity index (χ1v) is 9.19. The lowest BCUT2D eigenvalue weighted by Crippen LogP contribution is -2.05. The second kappa shape index (κ2) is 7.50. The second-order valence-electron chi connectivity index (χ2n) is 5.76. The fourth-order valence-electron chi connectivity index (χ4n) is 2.90. The number of halogens is 3. The molecule has 0 N–H and O–H groups in total. The summed E-state index contributed by atoms with van der Waals surface area (Å²) in [5.41, 5.74) is 1.63. The van der Waals surface area contributed by atoms with E-state index in [9.17, 15) is 13.2 Å². The molecule has 1 heterocycles. The molecule has 0 unspecified atom stereocenters. The normalized spacial score (nSPS) is 11.6. The van der Waals surface area contributed by atoms with E-state index in [1.807, 2.05) is 30.3 Å². The molecule has 0 amide bonds. The maximum Gasteiger partial charge on any atom is 0.418 e. The van der Waals surface area contributed by atoms with Gasteiger partial charge in [0.25, 0.3) is 0 Å². The molecule has 0 fully saturated rings. The fourth-order valence-corrected chi connectivity index (χ4v) is 3.71. The number of rotatable bonds is 5. The number of hydrogen-bond acceptors (Lipinski definition) is 2. The first kappa shape index (κ1) is 18.5. The SMILES string of the molecule is COc1ccc(-c2c(SC)c(C(F)(F)F)cn2Cc2ccccc2)cc1. The van der Waals surface area contributed by atoms with Crippen molar-refractivity contribution in [1.82, 2.24) is 4.57 Å². The smallest absolute Gasteiger partial charge is 0.418 e. The molecule has 0 atom stereocenters. The van der Waals surface area contributed by atoms with Gasteiger partial charge < -0.3 is 9.30 Å². The molecular formula is C20H18F3NOS. The van der Waals surface area contributed by atoms with Crippen LogP contribution in [0.4, 0.5) is 13.2 Å². The van der Waals surface area contributed by atoms with Crippen LogP contribution >= 0.6 is 11.8 Å². The highest BCUT2D eigenvalue weighted by atomic mass is 32.2. The van der Waals surface area contributed by atoms with Crippen LogP contribution in [-0.4, -0.2) is 17.9 Å². The Labute approximate surface area is 154 Å². The minimum atomic E-state index is -4.40. The largest absolute Gasteiger partial charge is 0.497 e. The third-order valence-corrected chi connectivity index (χ3v) is 4.92. The van der Waals surface area contributed by atoms with Crippen LogP contribution in [0.1, 0.15) is 11.1 Å². The molecule has 0 radical (unpaired) electrons. The van der Waals surface area contributed by atoms with E-state index in [0.717, 1.165) is 22.9 Å². The van der Waals surface area contributed by atoms with Crippen molar-refractivity contribution in [1.29, 1.82) is 0 Å². The van der Waals surface area contributed by atoms with Gasteiger partial charge in [0.15, 0.2) is 0 Å². The minimum Gasteiger partial charge on any atom is -0.497 e. The molecule has 0 aliphatic heterocycles. The Morgan fingerprint density at radius 1 is 1.00 bits per heavy atom. The van der Waals surface area contributed by atoms with Gasteiger partial charge in [-0.1, -0.05) is 30.3 Å². The van der Waals surface area contributed by atoms with Crippen LogP contribution in [0.25, 0.3) is 11.3 Å². The van der Waals surface area contributed by atoms with E-state index in [2.05, 4.69) is 0 Å². The zero-order valence-electron chi connectivity index (χ0n) is 14.4. The standard InChI is InChI=1S/C20H18F3NOS/c1-25-16-10-8-15(9-11-16)18-19(26-2)17(20(21,22)23)13-24(18)12-14-6-4-3-5-7-14/h3-11,13H,12H2,1-2H3. The first-order valence-electron chi connectivity index (χ1n) is 7.96. The van der Waals surface area contributed by atoms with Crippen LogP contribution < -0.4 is 4.74 Å². The van der Waals surface area contributed by atoms with Gasteiger partial charge in [0.05, 0.1) is 18.4 Å². The molecule has 0 saturated carbocycles. The number of aromatic nitrogens is 1. The molecular weight excluding hydrogens is 359 g/mol. The molecule has 2 aromatic carbocycles. The Kier molecular flexibility index (Phi) is 5.32. The van der Waals surface area contributed by atoms with Gasteiger partial charge in [-0.25, -0.2) is 0 Å². The lowest BCUT2D eigenvalue weighted by Gasteiger charge is -2.12. The van der Waals surface area contributed by atoms with Gasteiger partial charge in [0.1, 0.15) is 5.75 Å². The molecule has 6 heteroatoms. The molecule has 136 valence electrons. The summed E-state index contributed by atoms with van der Waals surface area (Å²) in [7, 11) is 1.56. The van der Waals surface area contributed by atoms with E-state index < -0.39 is 11.7 Å². The van der Waals surface area contributed by atoms with Crippen LogP contribution in [0, 0.1) is 0 Å². The fraction of sp³-hybridized carbons (Fsp3) is 0.200. The zero-order valence-corrected chi connectivity index (χ0v) is 15.2. The molecule has 0 aliphatic carbocycles. The molecule has 0 aliphatic rings. The number of hydrogen-bond donors (Lipinski definition) is 0. The van der Waals surface area contributed by atoms with Crippen molar-refractivity contribution in [3.05, 3.63) is 71.9 Å². The van der Waals surface area contributed by atoms with Crippen molar-refractivity contribution >= 4 is 11.8 Å². The average Bonchev–Trinajstić information content (AvgIpc) is 3.01. The van der Waals surface area contributed by atoms with Crippen LogP contribution in [0.15, 0.2) is 65.7 Å². The van der Waals surface area contributed by atoms with Gasteiger partial charge >= 0.3 is 6.18 Å². The summed E-state index contributed by atoms with van der Waals surface area (Å²) in [5, 5.41) is 0. The molecule has 1 aromatic heterocycles. The van der Waals surface area contributed by atoms with Crippen molar-refractivity contribution in [3.63, 3.8) is 0 Å². The maximum atomic E-state index is 13.6. The second-order valence-corrected chi connectivity index (χ2v) is 6.58. The van der Waals surface area contributed by atoms with Crippen molar-refractivity contribution in [2.45, 2.75) is 17.6 Å². The third kappa shape index (κ3) is 3.75. The number of alkyl halides is 3. The van der Waals surface area contributed by atoms with Gasteiger partial charge in [-0.15, -0.1) is 11.8 Å². The molecule has 3 rings (SSSR count). The van der Waals surface area contributed by atoms with Crippen molar-refractivity contribution < 1.29 is 17.9 Å². The maximum absolute atomic E-state index is 13.6. The molecule has 26 heavy (non-hydrogen) atoms. The van der Waals surface area contributed by atoms with Crippen LogP contribution in [0.5, 0.6) is 5.75 Å². The highest BCUT2D eigenvalue weighted by molar-refractivity contribution is 7.98. The monoisotopic (exact) mass is 377 g/mol. The summed E-state index contributed by atoms with van der Waals surface area (Å²) in [6.07, 6.45) is -1.52. The Morgan fingerprint density at radius 2 is 1.65 bits per heavy atom. The lowest BCUT2D eigenvalue weighted by molar-refractivity contribution is -0.139. The van der Waals surface area contributed by atoms with Gasteiger partial charge in [0.2, 0.25) is 0 Å². The Hall–Kier alpha value is -2.34.